The second kappa shape index (κ2) is 6.94. The van der Waals surface area contributed by atoms with Gasteiger partial charge in [0.25, 0.3) is 0 Å². The van der Waals surface area contributed by atoms with Crippen LogP contribution < -0.4 is 0 Å². The molecule has 6 atom stereocenters. The summed E-state index contributed by atoms with van der Waals surface area (Å²) < 4.78 is 0. The summed E-state index contributed by atoms with van der Waals surface area (Å²) in [5.41, 5.74) is 2.26. The standard InChI is InChI=1S/C25H36O2/c1-4-5-6-7-18-9-11-21-20-10-8-19-16-17(23(26)27)12-14-25(19,3)22(20)13-15-24(18,21)2/h8,12,14,16,18,20-22H,4-7,9-11,13,15H2,1-3H3,(H,26,27)/t18?,20-,21-,22+,24+,25-/m0/s1. The molecule has 0 heterocycles. The maximum atomic E-state index is 11.4. The smallest absolute Gasteiger partial charge is 0.335 e. The van der Waals surface area contributed by atoms with Crippen LogP contribution in [0.25, 0.3) is 0 Å². The largest absolute Gasteiger partial charge is 0.478 e. The zero-order valence-electron chi connectivity index (χ0n) is 17.3. The van der Waals surface area contributed by atoms with E-state index in [0.717, 1.165) is 24.2 Å². The summed E-state index contributed by atoms with van der Waals surface area (Å²) in [6.07, 6.45) is 20.6. The van der Waals surface area contributed by atoms with E-state index in [1.807, 2.05) is 12.2 Å². The van der Waals surface area contributed by atoms with E-state index in [1.165, 1.54) is 56.9 Å². The van der Waals surface area contributed by atoms with Crippen molar-refractivity contribution in [1.29, 1.82) is 0 Å². The molecule has 27 heavy (non-hydrogen) atoms. The monoisotopic (exact) mass is 368 g/mol. The normalized spacial score (nSPS) is 42.6. The molecule has 2 fully saturated rings. The van der Waals surface area contributed by atoms with Crippen molar-refractivity contribution in [2.24, 2.45) is 34.5 Å². The Hall–Kier alpha value is -1.31. The van der Waals surface area contributed by atoms with Crippen LogP contribution in [0.5, 0.6) is 0 Å². The van der Waals surface area contributed by atoms with Gasteiger partial charge in [-0.15, -0.1) is 0 Å². The summed E-state index contributed by atoms with van der Waals surface area (Å²) in [6.45, 7) is 7.27. The van der Waals surface area contributed by atoms with Gasteiger partial charge in [-0.1, -0.05) is 58.3 Å². The molecule has 0 aromatic rings. The summed E-state index contributed by atoms with van der Waals surface area (Å²) in [5, 5.41) is 9.37. The second-order valence-electron chi connectivity index (χ2n) is 10.1. The molecule has 0 amide bonds. The highest BCUT2D eigenvalue weighted by atomic mass is 16.4. The molecule has 4 aliphatic rings. The van der Waals surface area contributed by atoms with Gasteiger partial charge in [0.1, 0.15) is 0 Å². The van der Waals surface area contributed by atoms with Crippen molar-refractivity contribution in [2.75, 3.05) is 0 Å². The summed E-state index contributed by atoms with van der Waals surface area (Å²) in [6, 6.07) is 0. The van der Waals surface area contributed by atoms with Crippen molar-refractivity contribution in [2.45, 2.75) is 78.6 Å². The van der Waals surface area contributed by atoms with Crippen LogP contribution in [-0.4, -0.2) is 11.1 Å². The number of hydrogen-bond donors (Lipinski definition) is 1. The van der Waals surface area contributed by atoms with Gasteiger partial charge in [0, 0.05) is 5.41 Å². The fourth-order valence-corrected chi connectivity index (χ4v) is 7.33. The molecule has 2 nitrogen and oxygen atoms in total. The first-order chi connectivity index (χ1) is 12.9. The van der Waals surface area contributed by atoms with Gasteiger partial charge in [0.05, 0.1) is 5.57 Å². The highest BCUT2D eigenvalue weighted by molar-refractivity contribution is 5.91. The van der Waals surface area contributed by atoms with Gasteiger partial charge >= 0.3 is 5.97 Å². The zero-order chi connectivity index (χ0) is 19.2. The third kappa shape index (κ3) is 2.95. The second-order valence-corrected chi connectivity index (χ2v) is 10.1. The molecule has 2 heteroatoms. The van der Waals surface area contributed by atoms with Gasteiger partial charge in [0.15, 0.2) is 0 Å². The molecule has 0 saturated heterocycles. The molecule has 0 spiro atoms. The van der Waals surface area contributed by atoms with E-state index in [9.17, 15) is 9.90 Å². The Kier molecular flexibility index (Phi) is 4.89. The van der Waals surface area contributed by atoms with E-state index in [4.69, 9.17) is 0 Å². The third-order valence-corrected chi connectivity index (χ3v) is 8.96. The average Bonchev–Trinajstić information content (AvgIpc) is 2.97. The Labute approximate surface area is 164 Å². The Morgan fingerprint density at radius 1 is 1.19 bits per heavy atom. The molecule has 1 N–H and O–H groups in total. The number of unbranched alkanes of at least 4 members (excludes halogenated alkanes) is 2. The highest BCUT2D eigenvalue weighted by Gasteiger charge is 2.57. The van der Waals surface area contributed by atoms with Gasteiger partial charge < -0.3 is 5.11 Å². The lowest BCUT2D eigenvalue weighted by Gasteiger charge is -2.56. The van der Waals surface area contributed by atoms with Crippen LogP contribution in [0.15, 0.2) is 35.5 Å². The van der Waals surface area contributed by atoms with Gasteiger partial charge in [0.2, 0.25) is 0 Å². The predicted octanol–water partition coefficient (Wildman–Crippen LogP) is 6.54. The van der Waals surface area contributed by atoms with Crippen LogP contribution in [0.1, 0.15) is 78.6 Å². The Morgan fingerprint density at radius 3 is 2.74 bits per heavy atom. The molecular formula is C25H36O2. The van der Waals surface area contributed by atoms with E-state index in [-0.39, 0.29) is 5.41 Å². The molecule has 2 saturated carbocycles. The number of carbonyl (C=O) groups is 1. The topological polar surface area (TPSA) is 37.3 Å². The van der Waals surface area contributed by atoms with Crippen LogP contribution in [0.3, 0.4) is 0 Å². The number of rotatable bonds is 5. The van der Waals surface area contributed by atoms with Gasteiger partial charge in [-0.2, -0.15) is 0 Å². The molecule has 4 aliphatic carbocycles. The first-order valence-electron chi connectivity index (χ1n) is 11.2. The number of fused-ring (bicyclic) bond motifs is 5. The van der Waals surface area contributed by atoms with E-state index in [0.29, 0.717) is 16.9 Å². The first-order valence-corrected chi connectivity index (χ1v) is 11.2. The number of carboxylic acids is 1. The number of aliphatic carboxylic acids is 1. The maximum Gasteiger partial charge on any atom is 0.335 e. The molecule has 0 radical (unpaired) electrons. The van der Waals surface area contributed by atoms with Gasteiger partial charge in [-0.25, -0.2) is 4.79 Å². The Balaban J connectivity index is 1.57. The lowest BCUT2D eigenvalue weighted by Crippen LogP contribution is -2.48. The SMILES string of the molecule is CCCCCC1CC[C@H]2[C@@H]3CC=C4C=C(C(=O)O)C=C[C@]4(C)[C@@H]3CC[C@]12C. The van der Waals surface area contributed by atoms with Crippen LogP contribution in [-0.2, 0) is 4.79 Å². The van der Waals surface area contributed by atoms with Gasteiger partial charge in [-0.05, 0) is 79.3 Å². The van der Waals surface area contributed by atoms with Crippen molar-refractivity contribution < 1.29 is 9.90 Å². The average molecular weight is 369 g/mol. The van der Waals surface area contributed by atoms with Crippen molar-refractivity contribution in [3.63, 3.8) is 0 Å². The van der Waals surface area contributed by atoms with Gasteiger partial charge in [-0.3, -0.25) is 0 Å². The minimum atomic E-state index is -0.807. The lowest BCUT2D eigenvalue weighted by molar-refractivity contribution is -0.132. The van der Waals surface area contributed by atoms with Crippen molar-refractivity contribution in [3.05, 3.63) is 35.5 Å². The van der Waals surface area contributed by atoms with Crippen LogP contribution in [0.4, 0.5) is 0 Å². The van der Waals surface area contributed by atoms with Crippen LogP contribution in [0, 0.1) is 34.5 Å². The molecule has 1 unspecified atom stereocenters. The zero-order valence-corrected chi connectivity index (χ0v) is 17.3. The fourth-order valence-electron chi connectivity index (χ4n) is 7.33. The third-order valence-electron chi connectivity index (χ3n) is 8.96. The number of hydrogen-bond acceptors (Lipinski definition) is 1. The van der Waals surface area contributed by atoms with Crippen molar-refractivity contribution >= 4 is 5.97 Å². The van der Waals surface area contributed by atoms with Crippen LogP contribution in [0.2, 0.25) is 0 Å². The molecule has 0 aromatic carbocycles. The van der Waals surface area contributed by atoms with E-state index >= 15 is 0 Å². The number of carboxylic acid groups (broad SMARTS) is 1. The molecule has 148 valence electrons. The van der Waals surface area contributed by atoms with E-state index in [2.05, 4.69) is 32.9 Å². The number of allylic oxidation sites excluding steroid dienone is 4. The lowest BCUT2D eigenvalue weighted by atomic mass is 9.48. The summed E-state index contributed by atoms with van der Waals surface area (Å²) >= 11 is 0. The molecule has 0 bridgehead atoms. The van der Waals surface area contributed by atoms with Crippen molar-refractivity contribution in [1.82, 2.24) is 0 Å². The predicted molar refractivity (Wildman–Crippen MR) is 110 cm³/mol. The first kappa shape index (κ1) is 19.0. The summed E-state index contributed by atoms with van der Waals surface area (Å²) in [7, 11) is 0. The Bertz CT molecular complexity index is 699. The van der Waals surface area contributed by atoms with E-state index in [1.54, 1.807) is 0 Å². The quantitative estimate of drug-likeness (QED) is 0.559. The van der Waals surface area contributed by atoms with Crippen molar-refractivity contribution in [3.8, 4) is 0 Å². The maximum absolute atomic E-state index is 11.4. The molecular weight excluding hydrogens is 332 g/mol. The van der Waals surface area contributed by atoms with E-state index < -0.39 is 5.97 Å². The van der Waals surface area contributed by atoms with Crippen LogP contribution >= 0.6 is 0 Å². The highest BCUT2D eigenvalue weighted by Crippen LogP contribution is 2.65. The molecule has 0 aromatic heterocycles. The molecule has 0 aliphatic heterocycles. The summed E-state index contributed by atoms with van der Waals surface area (Å²) in [5.74, 6) is 2.42. The molecule has 4 rings (SSSR count). The summed E-state index contributed by atoms with van der Waals surface area (Å²) in [4.78, 5) is 11.4. The fraction of sp³-hybridized carbons (Fsp3) is 0.720. The minimum absolute atomic E-state index is 0.0312. The minimum Gasteiger partial charge on any atom is -0.478 e. The Morgan fingerprint density at radius 2 is 2.00 bits per heavy atom.